The average Bonchev–Trinajstić information content (AvgIpc) is 2.62. The van der Waals surface area contributed by atoms with Crippen LogP contribution in [-0.2, 0) is 0 Å². The molecule has 0 spiro atoms. The number of aromatic nitrogens is 2. The third-order valence-electron chi connectivity index (χ3n) is 2.15. The lowest BCUT2D eigenvalue weighted by Crippen LogP contribution is -2.21. The van der Waals surface area contributed by atoms with Crippen LogP contribution in [-0.4, -0.2) is 15.7 Å². The monoisotopic (exact) mass is 267 g/mol. The van der Waals surface area contributed by atoms with Crippen LogP contribution in [0.3, 0.4) is 0 Å². The van der Waals surface area contributed by atoms with Crippen LogP contribution in [0.4, 0.5) is 0 Å². The molecule has 0 saturated heterocycles. The third-order valence-corrected chi connectivity index (χ3v) is 2.15. The number of halogens is 1. The van der Waals surface area contributed by atoms with Gasteiger partial charge in [-0.15, -0.1) is 23.6 Å². The Hall–Kier alpha value is -1.29. The van der Waals surface area contributed by atoms with Gasteiger partial charge in [0.1, 0.15) is 6.33 Å². The number of hydrogen-bond acceptors (Lipinski definition) is 2. The van der Waals surface area contributed by atoms with E-state index < -0.39 is 0 Å². The van der Waals surface area contributed by atoms with Gasteiger partial charge < -0.3 is 5.43 Å². The van der Waals surface area contributed by atoms with Crippen molar-refractivity contribution >= 4 is 28.0 Å². The molecule has 0 radical (unpaired) electrons. The van der Waals surface area contributed by atoms with E-state index in [4.69, 9.17) is 0 Å². The predicted octanol–water partition coefficient (Wildman–Crippen LogP) is 2.73. The fourth-order valence-corrected chi connectivity index (χ4v) is 1.33. The number of hydrogen-bond donors (Lipinski definition) is 1. The van der Waals surface area contributed by atoms with Gasteiger partial charge in [-0.25, -0.2) is 9.66 Å². The summed E-state index contributed by atoms with van der Waals surface area (Å²) in [7, 11) is 0. The smallest absolute Gasteiger partial charge is 0.115 e. The Bertz CT molecular complexity index is 450. The van der Waals surface area contributed by atoms with Crippen molar-refractivity contribution < 1.29 is 0 Å². The molecule has 0 aliphatic rings. The van der Waals surface area contributed by atoms with Gasteiger partial charge in [-0.2, -0.15) is 0 Å². The van der Waals surface area contributed by atoms with Crippen molar-refractivity contribution in [2.24, 2.45) is 0 Å². The van der Waals surface area contributed by atoms with Crippen LogP contribution in [0.2, 0.25) is 0 Å². The summed E-state index contributed by atoms with van der Waals surface area (Å²) in [6, 6.07) is 8.24. The van der Waals surface area contributed by atoms with Gasteiger partial charge in [-0.05, 0) is 19.1 Å². The molecule has 0 aliphatic carbocycles. The molecule has 0 fully saturated rings. The zero-order valence-corrected chi connectivity index (χ0v) is 10.3. The van der Waals surface area contributed by atoms with E-state index in [1.807, 2.05) is 41.9 Å². The Labute approximate surface area is 99.6 Å². The Morgan fingerprint density at radius 1 is 1.47 bits per heavy atom. The first-order valence-electron chi connectivity index (χ1n) is 4.62. The molecule has 4 heteroatoms. The minimum atomic E-state index is 0. The minimum absolute atomic E-state index is 0. The first-order valence-corrected chi connectivity index (χ1v) is 4.62. The molecule has 15 heavy (non-hydrogen) atoms. The molecule has 2 rings (SSSR count). The van der Waals surface area contributed by atoms with E-state index in [0.29, 0.717) is 0 Å². The topological polar surface area (TPSA) is 29.9 Å². The molecule has 80 valence electrons. The lowest BCUT2D eigenvalue weighted by molar-refractivity contribution is 0.802. The van der Waals surface area contributed by atoms with Crippen molar-refractivity contribution in [3.05, 3.63) is 43.2 Å². The fourth-order valence-electron chi connectivity index (χ4n) is 1.33. The Morgan fingerprint density at radius 2 is 2.20 bits per heavy atom. The second-order valence-corrected chi connectivity index (χ2v) is 3.26. The maximum Gasteiger partial charge on any atom is 0.115 e. The van der Waals surface area contributed by atoms with Gasteiger partial charge in [0.05, 0.1) is 17.1 Å². The highest BCUT2D eigenvalue weighted by molar-refractivity contribution is 8.93. The van der Waals surface area contributed by atoms with E-state index in [9.17, 15) is 0 Å². The number of benzene rings is 1. The molecular weight excluding hydrogens is 254 g/mol. The molecule has 1 heterocycles. The summed E-state index contributed by atoms with van der Waals surface area (Å²) in [4.78, 5) is 4.27. The second kappa shape index (κ2) is 4.98. The number of imidazole rings is 1. The molecule has 2 aromatic rings. The number of para-hydroxylation sites is 2. The first kappa shape index (κ1) is 11.8. The molecule has 1 unspecified atom stereocenters. The molecule has 0 bridgehead atoms. The summed E-state index contributed by atoms with van der Waals surface area (Å²) in [6.07, 6.45) is 3.64. The quantitative estimate of drug-likeness (QED) is 0.867. The standard InChI is InChI=1S/C11H13N3.BrH/c1-3-9(2)13-14-8-12-10-6-4-5-7-11(10)14;/h3-9,13H,1H2,2H3;1H. The van der Waals surface area contributed by atoms with Crippen LogP contribution >= 0.6 is 17.0 Å². The van der Waals surface area contributed by atoms with Gasteiger partial charge in [-0.1, -0.05) is 18.2 Å². The molecule has 1 aromatic heterocycles. The summed E-state index contributed by atoms with van der Waals surface area (Å²) in [5.41, 5.74) is 5.33. The van der Waals surface area contributed by atoms with Crippen molar-refractivity contribution in [3.8, 4) is 0 Å². The second-order valence-electron chi connectivity index (χ2n) is 3.26. The van der Waals surface area contributed by atoms with E-state index in [-0.39, 0.29) is 23.0 Å². The molecule has 0 amide bonds. The van der Waals surface area contributed by atoms with Gasteiger partial charge in [0, 0.05) is 0 Å². The highest BCUT2D eigenvalue weighted by Crippen LogP contribution is 2.10. The summed E-state index contributed by atoms with van der Waals surface area (Å²) in [5, 5.41) is 0. The highest BCUT2D eigenvalue weighted by atomic mass is 79.9. The Morgan fingerprint density at radius 3 is 2.93 bits per heavy atom. The third kappa shape index (κ3) is 2.39. The van der Waals surface area contributed by atoms with Gasteiger partial charge in [0.15, 0.2) is 0 Å². The van der Waals surface area contributed by atoms with Crippen LogP contribution < -0.4 is 5.43 Å². The first-order chi connectivity index (χ1) is 6.81. The molecule has 1 atom stereocenters. The van der Waals surface area contributed by atoms with E-state index in [1.54, 1.807) is 6.33 Å². The molecule has 1 N–H and O–H groups in total. The maximum atomic E-state index is 4.27. The lowest BCUT2D eigenvalue weighted by Gasteiger charge is -2.11. The van der Waals surface area contributed by atoms with Gasteiger partial charge in [-0.3, -0.25) is 0 Å². The zero-order chi connectivity index (χ0) is 9.97. The van der Waals surface area contributed by atoms with Gasteiger partial charge >= 0.3 is 0 Å². The van der Waals surface area contributed by atoms with Crippen LogP contribution in [0.1, 0.15) is 6.92 Å². The van der Waals surface area contributed by atoms with E-state index in [1.165, 1.54) is 0 Å². The Balaban J connectivity index is 0.00000112. The zero-order valence-electron chi connectivity index (χ0n) is 8.55. The van der Waals surface area contributed by atoms with Crippen molar-refractivity contribution in [3.63, 3.8) is 0 Å². The molecule has 3 nitrogen and oxygen atoms in total. The SMILES string of the molecule is Br.C=CC(C)Nn1cnc2ccccc21. The highest BCUT2D eigenvalue weighted by Gasteiger charge is 2.01. The average molecular weight is 268 g/mol. The maximum absolute atomic E-state index is 4.27. The molecule has 0 saturated carbocycles. The number of nitrogens with zero attached hydrogens (tertiary/aromatic N) is 2. The van der Waals surface area contributed by atoms with Crippen LogP contribution in [0, 0.1) is 0 Å². The Kier molecular flexibility index (Phi) is 3.91. The fraction of sp³-hybridized carbons (Fsp3) is 0.182. The number of fused-ring (bicyclic) bond motifs is 1. The van der Waals surface area contributed by atoms with Crippen molar-refractivity contribution in [2.45, 2.75) is 13.0 Å². The largest absolute Gasteiger partial charge is 0.318 e. The van der Waals surface area contributed by atoms with Crippen LogP contribution in [0.25, 0.3) is 11.0 Å². The number of rotatable bonds is 3. The van der Waals surface area contributed by atoms with Crippen molar-refractivity contribution in [1.82, 2.24) is 9.66 Å². The molecule has 1 aromatic carbocycles. The van der Waals surface area contributed by atoms with Crippen molar-refractivity contribution in [1.29, 1.82) is 0 Å². The predicted molar refractivity (Wildman–Crippen MR) is 69.1 cm³/mol. The summed E-state index contributed by atoms with van der Waals surface area (Å²) < 4.78 is 1.92. The van der Waals surface area contributed by atoms with Crippen LogP contribution in [0.5, 0.6) is 0 Å². The summed E-state index contributed by atoms with van der Waals surface area (Å²) in [6.45, 7) is 5.77. The van der Waals surface area contributed by atoms with E-state index in [2.05, 4.69) is 17.0 Å². The summed E-state index contributed by atoms with van der Waals surface area (Å²) >= 11 is 0. The normalized spacial score (nSPS) is 11.8. The van der Waals surface area contributed by atoms with Crippen molar-refractivity contribution in [2.75, 3.05) is 5.43 Å². The summed E-state index contributed by atoms with van der Waals surface area (Å²) in [5.74, 6) is 0. The van der Waals surface area contributed by atoms with Gasteiger partial charge in [0.2, 0.25) is 0 Å². The lowest BCUT2D eigenvalue weighted by atomic mass is 10.3. The molecule has 0 aliphatic heterocycles. The van der Waals surface area contributed by atoms with Crippen LogP contribution in [0.15, 0.2) is 43.2 Å². The number of nitrogens with one attached hydrogen (secondary N) is 1. The van der Waals surface area contributed by atoms with E-state index >= 15 is 0 Å². The van der Waals surface area contributed by atoms with E-state index in [0.717, 1.165) is 11.0 Å². The van der Waals surface area contributed by atoms with Gasteiger partial charge in [0.25, 0.3) is 0 Å². The molecular formula is C11H14BrN3. The minimum Gasteiger partial charge on any atom is -0.318 e.